The number of nitrogens with zero attached hydrogens (tertiary/aromatic N) is 3. The number of benzene rings is 1. The van der Waals surface area contributed by atoms with Crippen molar-refractivity contribution < 1.29 is 9.32 Å². The van der Waals surface area contributed by atoms with Crippen LogP contribution in [0.15, 0.2) is 28.8 Å². The molecular formula is C19H25ClN4O2. The minimum Gasteiger partial charge on any atom is -0.339 e. The second-order valence-electron chi connectivity index (χ2n) is 6.88. The number of hydrogen-bond donors (Lipinski definition) is 1. The molecule has 2 unspecified atom stereocenters. The van der Waals surface area contributed by atoms with Crippen LogP contribution in [0.5, 0.6) is 0 Å². The molecule has 1 aliphatic heterocycles. The number of nitrogens with two attached hydrogens (primary N) is 1. The van der Waals surface area contributed by atoms with E-state index in [-0.39, 0.29) is 18.0 Å². The lowest BCUT2D eigenvalue weighted by Crippen LogP contribution is -2.51. The summed E-state index contributed by atoms with van der Waals surface area (Å²) < 4.78 is 5.30. The van der Waals surface area contributed by atoms with E-state index in [1.54, 1.807) is 12.1 Å². The third-order valence-corrected chi connectivity index (χ3v) is 5.08. The van der Waals surface area contributed by atoms with Crippen molar-refractivity contribution in [3.05, 3.63) is 35.2 Å². The maximum Gasteiger partial charge on any atom is 0.226 e. The largest absolute Gasteiger partial charge is 0.339 e. The van der Waals surface area contributed by atoms with Gasteiger partial charge in [-0.15, -0.1) is 0 Å². The summed E-state index contributed by atoms with van der Waals surface area (Å²) in [6.07, 6.45) is 4.94. The van der Waals surface area contributed by atoms with Gasteiger partial charge >= 0.3 is 0 Å². The van der Waals surface area contributed by atoms with Crippen molar-refractivity contribution >= 4 is 17.5 Å². The molecule has 0 bridgehead atoms. The van der Waals surface area contributed by atoms with Crippen LogP contribution < -0.4 is 5.73 Å². The van der Waals surface area contributed by atoms with Gasteiger partial charge in [0.25, 0.3) is 0 Å². The molecule has 1 fully saturated rings. The van der Waals surface area contributed by atoms with E-state index in [1.165, 1.54) is 0 Å². The van der Waals surface area contributed by atoms with Crippen LogP contribution in [0.2, 0.25) is 5.02 Å². The average molecular weight is 377 g/mol. The predicted octanol–water partition coefficient (Wildman–Crippen LogP) is 3.44. The number of carbonyl (C=O) groups excluding carboxylic acids is 1. The zero-order chi connectivity index (χ0) is 18.5. The first kappa shape index (κ1) is 18.9. The predicted molar refractivity (Wildman–Crippen MR) is 101 cm³/mol. The van der Waals surface area contributed by atoms with Gasteiger partial charge in [0.15, 0.2) is 0 Å². The van der Waals surface area contributed by atoms with E-state index in [1.807, 2.05) is 24.0 Å². The third-order valence-electron chi connectivity index (χ3n) is 4.83. The molecule has 1 aromatic heterocycles. The molecule has 1 saturated heterocycles. The molecule has 0 spiro atoms. The molecule has 2 N–H and O–H groups in total. The van der Waals surface area contributed by atoms with Crippen LogP contribution in [-0.2, 0) is 11.2 Å². The highest BCUT2D eigenvalue weighted by Crippen LogP contribution is 2.21. The summed E-state index contributed by atoms with van der Waals surface area (Å²) in [4.78, 5) is 18.9. The minimum absolute atomic E-state index is 0.0112. The van der Waals surface area contributed by atoms with E-state index in [4.69, 9.17) is 21.9 Å². The number of hydrogen-bond acceptors (Lipinski definition) is 5. The molecule has 2 aromatic rings. The van der Waals surface area contributed by atoms with Crippen LogP contribution in [0.1, 0.15) is 44.9 Å². The Kier molecular flexibility index (Phi) is 6.27. The molecule has 1 aliphatic rings. The zero-order valence-corrected chi connectivity index (χ0v) is 15.8. The van der Waals surface area contributed by atoms with Crippen molar-refractivity contribution in [2.75, 3.05) is 6.54 Å². The summed E-state index contributed by atoms with van der Waals surface area (Å²) in [5.74, 6) is 1.26. The van der Waals surface area contributed by atoms with E-state index in [0.29, 0.717) is 36.0 Å². The Morgan fingerprint density at radius 2 is 2.15 bits per heavy atom. The first-order valence-electron chi connectivity index (χ1n) is 9.18. The molecule has 0 saturated carbocycles. The fourth-order valence-electron chi connectivity index (χ4n) is 3.42. The van der Waals surface area contributed by atoms with Crippen molar-refractivity contribution in [3.8, 4) is 11.4 Å². The summed E-state index contributed by atoms with van der Waals surface area (Å²) >= 11 is 5.89. The number of amides is 1. The van der Waals surface area contributed by atoms with E-state index >= 15 is 0 Å². The van der Waals surface area contributed by atoms with Crippen molar-refractivity contribution in [3.63, 3.8) is 0 Å². The first-order chi connectivity index (χ1) is 12.5. The van der Waals surface area contributed by atoms with Gasteiger partial charge in [-0.25, -0.2) is 0 Å². The maximum atomic E-state index is 12.6. The molecule has 26 heavy (non-hydrogen) atoms. The van der Waals surface area contributed by atoms with Crippen LogP contribution >= 0.6 is 11.6 Å². The highest BCUT2D eigenvalue weighted by atomic mass is 35.5. The lowest BCUT2D eigenvalue weighted by Gasteiger charge is -2.38. The van der Waals surface area contributed by atoms with Crippen molar-refractivity contribution in [1.29, 1.82) is 0 Å². The molecule has 1 aromatic carbocycles. The van der Waals surface area contributed by atoms with Crippen LogP contribution in [-0.4, -0.2) is 39.6 Å². The Hall–Kier alpha value is -1.92. The van der Waals surface area contributed by atoms with Crippen molar-refractivity contribution in [2.24, 2.45) is 5.73 Å². The Morgan fingerprint density at radius 1 is 1.38 bits per heavy atom. The molecule has 3 rings (SSSR count). The number of halogens is 1. The monoisotopic (exact) mass is 376 g/mol. The van der Waals surface area contributed by atoms with Gasteiger partial charge in [-0.1, -0.05) is 16.8 Å². The number of carbonyl (C=O) groups is 1. The lowest BCUT2D eigenvalue weighted by molar-refractivity contribution is -0.135. The van der Waals surface area contributed by atoms with E-state index in [0.717, 1.165) is 31.4 Å². The van der Waals surface area contributed by atoms with Crippen molar-refractivity contribution in [2.45, 2.75) is 57.5 Å². The highest BCUT2D eigenvalue weighted by Gasteiger charge is 2.28. The molecule has 2 atom stereocenters. The van der Waals surface area contributed by atoms with Gasteiger partial charge in [0.05, 0.1) is 0 Å². The Labute approximate surface area is 158 Å². The second kappa shape index (κ2) is 8.64. The van der Waals surface area contributed by atoms with Gasteiger partial charge in [-0.05, 0) is 56.9 Å². The topological polar surface area (TPSA) is 85.2 Å². The Balaban J connectivity index is 1.52. The zero-order valence-electron chi connectivity index (χ0n) is 15.0. The van der Waals surface area contributed by atoms with E-state index in [2.05, 4.69) is 10.1 Å². The smallest absolute Gasteiger partial charge is 0.226 e. The fraction of sp³-hybridized carbons (Fsp3) is 0.526. The van der Waals surface area contributed by atoms with Crippen LogP contribution in [0, 0.1) is 0 Å². The summed E-state index contributed by atoms with van der Waals surface area (Å²) in [6, 6.07) is 7.46. The van der Waals surface area contributed by atoms with E-state index < -0.39 is 0 Å². The second-order valence-corrected chi connectivity index (χ2v) is 7.32. The molecule has 2 heterocycles. The SMILES string of the molecule is CC(N)C1CCCCN1C(=O)CCCc1nc(-c2ccc(Cl)cc2)no1. The highest BCUT2D eigenvalue weighted by molar-refractivity contribution is 6.30. The summed E-state index contributed by atoms with van der Waals surface area (Å²) in [5, 5.41) is 4.66. The maximum absolute atomic E-state index is 12.6. The van der Waals surface area contributed by atoms with Gasteiger partial charge in [0, 0.05) is 42.1 Å². The van der Waals surface area contributed by atoms with Gasteiger partial charge < -0.3 is 15.2 Å². The van der Waals surface area contributed by atoms with Crippen molar-refractivity contribution in [1.82, 2.24) is 15.0 Å². The molecular weight excluding hydrogens is 352 g/mol. The fourth-order valence-corrected chi connectivity index (χ4v) is 3.55. The van der Waals surface area contributed by atoms with Crippen LogP contribution in [0.4, 0.5) is 0 Å². The number of piperidine rings is 1. The number of aromatic nitrogens is 2. The first-order valence-corrected chi connectivity index (χ1v) is 9.56. The van der Waals surface area contributed by atoms with Gasteiger partial charge in [-0.2, -0.15) is 4.98 Å². The molecule has 1 amide bonds. The van der Waals surface area contributed by atoms with Crippen LogP contribution in [0.3, 0.4) is 0 Å². The van der Waals surface area contributed by atoms with Gasteiger partial charge in [0.1, 0.15) is 0 Å². The quantitative estimate of drug-likeness (QED) is 0.834. The number of aryl methyl sites for hydroxylation is 1. The normalized spacial score (nSPS) is 18.7. The van der Waals surface area contributed by atoms with E-state index in [9.17, 15) is 4.79 Å². The van der Waals surface area contributed by atoms with Crippen LogP contribution in [0.25, 0.3) is 11.4 Å². The number of rotatable bonds is 6. The Morgan fingerprint density at radius 3 is 2.88 bits per heavy atom. The summed E-state index contributed by atoms with van der Waals surface area (Å²) in [6.45, 7) is 2.79. The average Bonchev–Trinajstić information content (AvgIpc) is 3.11. The molecule has 0 aliphatic carbocycles. The minimum atomic E-state index is 0.0112. The lowest BCUT2D eigenvalue weighted by atomic mass is 9.96. The third kappa shape index (κ3) is 4.62. The molecule has 6 nitrogen and oxygen atoms in total. The summed E-state index contributed by atoms with van der Waals surface area (Å²) in [5.41, 5.74) is 6.90. The van der Waals surface area contributed by atoms with Gasteiger partial charge in [0.2, 0.25) is 17.6 Å². The molecule has 7 heteroatoms. The standard InChI is InChI=1S/C19H25ClN4O2/c1-13(21)16-5-2-3-12-24(16)18(25)7-4-6-17-22-19(23-26-17)14-8-10-15(20)11-9-14/h8-11,13,16H,2-7,12,21H2,1H3. The molecule has 0 radical (unpaired) electrons. The van der Waals surface area contributed by atoms with Gasteiger partial charge in [-0.3, -0.25) is 4.79 Å². The summed E-state index contributed by atoms with van der Waals surface area (Å²) in [7, 11) is 0. The Bertz CT molecular complexity index is 729. The molecule has 140 valence electrons. The number of likely N-dealkylation sites (tertiary alicyclic amines) is 1.